The zero-order valence-corrected chi connectivity index (χ0v) is 12.9. The predicted octanol–water partition coefficient (Wildman–Crippen LogP) is 1.40. The van der Waals surface area contributed by atoms with E-state index in [1.165, 1.54) is 0 Å². The second kappa shape index (κ2) is 7.62. The van der Waals surface area contributed by atoms with Gasteiger partial charge in [-0.1, -0.05) is 26.7 Å². The maximum absolute atomic E-state index is 12.4. The summed E-state index contributed by atoms with van der Waals surface area (Å²) in [4.78, 5) is 25.3. The van der Waals surface area contributed by atoms with Gasteiger partial charge in [-0.15, -0.1) is 0 Å². The van der Waals surface area contributed by atoms with Crippen molar-refractivity contribution in [2.24, 2.45) is 16.9 Å². The summed E-state index contributed by atoms with van der Waals surface area (Å²) in [5.74, 6) is -0.368. The lowest BCUT2D eigenvalue weighted by molar-refractivity contribution is -0.138. The van der Waals surface area contributed by atoms with Crippen molar-refractivity contribution in [1.82, 2.24) is 4.90 Å². The average molecular weight is 283 g/mol. The highest BCUT2D eigenvalue weighted by atomic mass is 16.2. The molecule has 5 nitrogen and oxygen atoms in total. The number of carbonyl (C=O) groups excluding carboxylic acids is 2. The van der Waals surface area contributed by atoms with Crippen LogP contribution in [0.4, 0.5) is 0 Å². The molecule has 0 aliphatic heterocycles. The fourth-order valence-corrected chi connectivity index (χ4v) is 2.91. The van der Waals surface area contributed by atoms with Crippen LogP contribution in [-0.4, -0.2) is 35.8 Å². The van der Waals surface area contributed by atoms with E-state index < -0.39 is 5.91 Å². The molecule has 20 heavy (non-hydrogen) atoms. The second-order valence-corrected chi connectivity index (χ2v) is 6.63. The molecule has 5 heteroatoms. The summed E-state index contributed by atoms with van der Waals surface area (Å²) < 4.78 is 0. The minimum absolute atomic E-state index is 0.0563. The van der Waals surface area contributed by atoms with E-state index in [-0.39, 0.29) is 23.9 Å². The van der Waals surface area contributed by atoms with E-state index in [9.17, 15) is 9.59 Å². The molecule has 0 spiro atoms. The van der Waals surface area contributed by atoms with E-state index >= 15 is 0 Å². The van der Waals surface area contributed by atoms with Crippen LogP contribution >= 0.6 is 0 Å². The zero-order chi connectivity index (χ0) is 15.2. The molecular formula is C15H29N3O2. The number of nitrogens with two attached hydrogens (primary N) is 2. The third-order valence-electron chi connectivity index (χ3n) is 4.25. The van der Waals surface area contributed by atoms with E-state index in [1.807, 2.05) is 0 Å². The van der Waals surface area contributed by atoms with Gasteiger partial charge in [0.1, 0.15) is 0 Å². The second-order valence-electron chi connectivity index (χ2n) is 6.63. The summed E-state index contributed by atoms with van der Waals surface area (Å²) in [5, 5.41) is 0. The van der Waals surface area contributed by atoms with E-state index in [0.717, 1.165) is 38.5 Å². The van der Waals surface area contributed by atoms with Crippen LogP contribution in [0.15, 0.2) is 0 Å². The minimum Gasteiger partial charge on any atom is -0.368 e. The van der Waals surface area contributed by atoms with Crippen molar-refractivity contribution < 1.29 is 9.59 Å². The van der Waals surface area contributed by atoms with E-state index in [0.29, 0.717) is 13.0 Å². The lowest BCUT2D eigenvalue weighted by Gasteiger charge is -2.30. The average Bonchev–Trinajstić information content (AvgIpc) is 2.86. The molecule has 1 fully saturated rings. The van der Waals surface area contributed by atoms with Gasteiger partial charge in [-0.2, -0.15) is 0 Å². The standard InChI is InChI=1S/C15H29N3O2/c1-15(2,9-10-16)8-7-14(20)18(11-13(17)19)12-5-3-4-6-12/h12H,3-11,16H2,1-2H3,(H2,17,19). The molecule has 4 N–H and O–H groups in total. The Balaban J connectivity index is 2.56. The van der Waals surface area contributed by atoms with Crippen molar-refractivity contribution in [2.45, 2.75) is 64.8 Å². The number of hydrogen-bond acceptors (Lipinski definition) is 3. The molecule has 1 aliphatic rings. The Labute approximate surface area is 122 Å². The fourth-order valence-electron chi connectivity index (χ4n) is 2.91. The number of carbonyl (C=O) groups is 2. The van der Waals surface area contributed by atoms with Gasteiger partial charge in [0.15, 0.2) is 0 Å². The molecule has 0 radical (unpaired) electrons. The van der Waals surface area contributed by atoms with Gasteiger partial charge in [0.05, 0.1) is 6.54 Å². The first-order valence-electron chi connectivity index (χ1n) is 7.63. The summed E-state index contributed by atoms with van der Waals surface area (Å²) in [6.07, 6.45) is 6.41. The first-order chi connectivity index (χ1) is 9.35. The summed E-state index contributed by atoms with van der Waals surface area (Å²) in [7, 11) is 0. The van der Waals surface area contributed by atoms with Crippen molar-refractivity contribution in [2.75, 3.05) is 13.1 Å². The van der Waals surface area contributed by atoms with Gasteiger partial charge in [0.2, 0.25) is 11.8 Å². The first kappa shape index (κ1) is 17.0. The van der Waals surface area contributed by atoms with Crippen LogP contribution in [0.3, 0.4) is 0 Å². The zero-order valence-electron chi connectivity index (χ0n) is 12.9. The maximum atomic E-state index is 12.4. The van der Waals surface area contributed by atoms with Crippen LogP contribution in [0.5, 0.6) is 0 Å². The number of rotatable bonds is 8. The Hall–Kier alpha value is -1.10. The van der Waals surface area contributed by atoms with E-state index in [4.69, 9.17) is 11.5 Å². The Morgan fingerprint density at radius 3 is 2.30 bits per heavy atom. The van der Waals surface area contributed by atoms with Gasteiger partial charge in [-0.05, 0) is 37.6 Å². The highest BCUT2D eigenvalue weighted by molar-refractivity contribution is 5.84. The Morgan fingerprint density at radius 1 is 1.20 bits per heavy atom. The largest absolute Gasteiger partial charge is 0.368 e. The van der Waals surface area contributed by atoms with Crippen molar-refractivity contribution >= 4 is 11.8 Å². The van der Waals surface area contributed by atoms with Gasteiger partial charge in [-0.25, -0.2) is 0 Å². The van der Waals surface area contributed by atoms with Gasteiger partial charge in [0, 0.05) is 12.5 Å². The molecular weight excluding hydrogens is 254 g/mol. The third kappa shape index (κ3) is 5.49. The quantitative estimate of drug-likeness (QED) is 0.705. The van der Waals surface area contributed by atoms with Crippen LogP contribution in [0.1, 0.15) is 58.8 Å². The van der Waals surface area contributed by atoms with Crippen molar-refractivity contribution in [3.63, 3.8) is 0 Å². The smallest absolute Gasteiger partial charge is 0.237 e. The molecule has 0 heterocycles. The van der Waals surface area contributed by atoms with Crippen LogP contribution in [-0.2, 0) is 9.59 Å². The van der Waals surface area contributed by atoms with Gasteiger partial charge >= 0.3 is 0 Å². The normalized spacial score (nSPS) is 16.4. The van der Waals surface area contributed by atoms with Crippen molar-refractivity contribution in [3.05, 3.63) is 0 Å². The van der Waals surface area contributed by atoms with Crippen molar-refractivity contribution in [3.8, 4) is 0 Å². The molecule has 1 rings (SSSR count). The maximum Gasteiger partial charge on any atom is 0.237 e. The third-order valence-corrected chi connectivity index (χ3v) is 4.25. The van der Waals surface area contributed by atoms with Crippen molar-refractivity contribution in [1.29, 1.82) is 0 Å². The monoisotopic (exact) mass is 283 g/mol. The number of amides is 2. The van der Waals surface area contributed by atoms with Crippen LogP contribution in [0.25, 0.3) is 0 Å². The molecule has 0 saturated heterocycles. The molecule has 0 unspecified atom stereocenters. The molecule has 2 amide bonds. The van der Waals surface area contributed by atoms with E-state index in [1.54, 1.807) is 4.90 Å². The molecule has 1 aliphatic carbocycles. The van der Waals surface area contributed by atoms with Crippen LogP contribution in [0.2, 0.25) is 0 Å². The van der Waals surface area contributed by atoms with E-state index in [2.05, 4.69) is 13.8 Å². The molecule has 0 bridgehead atoms. The summed E-state index contributed by atoms with van der Waals surface area (Å²) in [6.45, 7) is 4.94. The van der Waals surface area contributed by atoms with Gasteiger partial charge < -0.3 is 16.4 Å². The van der Waals surface area contributed by atoms with Gasteiger partial charge in [0.25, 0.3) is 0 Å². The van der Waals surface area contributed by atoms with Gasteiger partial charge in [-0.3, -0.25) is 9.59 Å². The highest BCUT2D eigenvalue weighted by Crippen LogP contribution is 2.28. The summed E-state index contributed by atoms with van der Waals surface area (Å²) >= 11 is 0. The number of hydrogen-bond donors (Lipinski definition) is 2. The lowest BCUT2D eigenvalue weighted by Crippen LogP contribution is -2.44. The molecule has 0 atom stereocenters. The topological polar surface area (TPSA) is 89.4 Å². The van der Waals surface area contributed by atoms with Crippen LogP contribution in [0, 0.1) is 5.41 Å². The summed E-state index contributed by atoms with van der Waals surface area (Å²) in [5.41, 5.74) is 10.9. The minimum atomic E-state index is -0.425. The SMILES string of the molecule is CC(C)(CCN)CCC(=O)N(CC(N)=O)C1CCCC1. The predicted molar refractivity (Wildman–Crippen MR) is 79.8 cm³/mol. The van der Waals surface area contributed by atoms with Crippen LogP contribution < -0.4 is 11.5 Å². The highest BCUT2D eigenvalue weighted by Gasteiger charge is 2.28. The molecule has 1 saturated carbocycles. The fraction of sp³-hybridized carbons (Fsp3) is 0.867. The first-order valence-corrected chi connectivity index (χ1v) is 7.63. The molecule has 0 aromatic rings. The lowest BCUT2D eigenvalue weighted by atomic mass is 9.84. The number of nitrogens with zero attached hydrogens (tertiary/aromatic N) is 1. The molecule has 0 aromatic carbocycles. The number of primary amides is 1. The Morgan fingerprint density at radius 2 is 1.80 bits per heavy atom. The molecule has 0 aromatic heterocycles. The summed E-state index contributed by atoms with van der Waals surface area (Å²) in [6, 6.07) is 0.202. The Kier molecular flexibility index (Phi) is 6.46. The Bertz CT molecular complexity index is 336. The molecule has 116 valence electrons.